The van der Waals surface area contributed by atoms with E-state index in [-0.39, 0.29) is 12.1 Å². The summed E-state index contributed by atoms with van der Waals surface area (Å²) < 4.78 is 0. The third-order valence-electron chi connectivity index (χ3n) is 2.75. The Morgan fingerprint density at radius 2 is 1.95 bits per heavy atom. The van der Waals surface area contributed by atoms with Crippen molar-refractivity contribution in [1.82, 2.24) is 4.98 Å². The standard InChI is InChI=1S/C13H12N2O4/c14-9(12(16)17)6-7-1-3-10-8(5-7)2-4-11(15-10)13(18)19/h1-5,9H,6,14H2,(H,16,17)(H,18,19)/t9-/m0/s1. The zero-order chi connectivity index (χ0) is 14.0. The number of nitrogens with zero attached hydrogens (tertiary/aromatic N) is 1. The van der Waals surface area contributed by atoms with Crippen molar-refractivity contribution < 1.29 is 19.8 Å². The Kier molecular flexibility index (Phi) is 3.43. The molecule has 0 amide bonds. The zero-order valence-electron chi connectivity index (χ0n) is 9.91. The number of carbonyl (C=O) groups is 2. The molecule has 2 aromatic rings. The smallest absolute Gasteiger partial charge is 0.354 e. The summed E-state index contributed by atoms with van der Waals surface area (Å²) in [5.74, 6) is -2.14. The summed E-state index contributed by atoms with van der Waals surface area (Å²) in [6.07, 6.45) is 0.214. The molecule has 1 aromatic carbocycles. The molecule has 0 bridgehead atoms. The Labute approximate surface area is 108 Å². The van der Waals surface area contributed by atoms with Crippen molar-refractivity contribution in [2.24, 2.45) is 5.73 Å². The summed E-state index contributed by atoms with van der Waals surface area (Å²) in [6.45, 7) is 0. The SMILES string of the molecule is N[C@@H](Cc1ccc2nc(C(=O)O)ccc2c1)C(=O)O. The van der Waals surface area contributed by atoms with Crippen molar-refractivity contribution in [3.05, 3.63) is 41.6 Å². The predicted molar refractivity (Wildman–Crippen MR) is 68.0 cm³/mol. The summed E-state index contributed by atoms with van der Waals surface area (Å²) in [5.41, 5.74) is 6.76. The van der Waals surface area contributed by atoms with Crippen molar-refractivity contribution in [3.8, 4) is 0 Å². The van der Waals surface area contributed by atoms with Gasteiger partial charge < -0.3 is 15.9 Å². The summed E-state index contributed by atoms with van der Waals surface area (Å²) in [5, 5.41) is 18.3. The van der Waals surface area contributed by atoms with Gasteiger partial charge in [-0.1, -0.05) is 12.1 Å². The van der Waals surface area contributed by atoms with Crippen LogP contribution in [0.4, 0.5) is 0 Å². The van der Waals surface area contributed by atoms with Crippen LogP contribution in [0.1, 0.15) is 16.1 Å². The monoisotopic (exact) mass is 260 g/mol. The number of aromatic carboxylic acids is 1. The van der Waals surface area contributed by atoms with Crippen molar-refractivity contribution in [2.75, 3.05) is 0 Å². The number of aromatic nitrogens is 1. The quantitative estimate of drug-likeness (QED) is 0.752. The van der Waals surface area contributed by atoms with E-state index in [4.69, 9.17) is 15.9 Å². The van der Waals surface area contributed by atoms with E-state index >= 15 is 0 Å². The molecule has 0 aliphatic rings. The van der Waals surface area contributed by atoms with Gasteiger partial charge >= 0.3 is 11.9 Å². The molecular weight excluding hydrogens is 248 g/mol. The molecule has 1 atom stereocenters. The average molecular weight is 260 g/mol. The number of carboxylic acid groups (broad SMARTS) is 2. The highest BCUT2D eigenvalue weighted by Crippen LogP contribution is 2.16. The van der Waals surface area contributed by atoms with E-state index in [1.807, 2.05) is 0 Å². The van der Waals surface area contributed by atoms with Gasteiger partial charge in [-0.05, 0) is 30.2 Å². The first-order chi connectivity index (χ1) is 8.97. The molecule has 4 N–H and O–H groups in total. The molecular formula is C13H12N2O4. The topological polar surface area (TPSA) is 114 Å². The van der Waals surface area contributed by atoms with Gasteiger partial charge in [-0.2, -0.15) is 0 Å². The number of nitrogens with two attached hydrogens (primary N) is 1. The Hall–Kier alpha value is -2.47. The molecule has 0 fully saturated rings. The Balaban J connectivity index is 2.34. The van der Waals surface area contributed by atoms with Crippen LogP contribution in [-0.4, -0.2) is 33.2 Å². The molecule has 6 nitrogen and oxygen atoms in total. The second-order valence-electron chi connectivity index (χ2n) is 4.18. The molecule has 19 heavy (non-hydrogen) atoms. The lowest BCUT2D eigenvalue weighted by molar-refractivity contribution is -0.138. The van der Waals surface area contributed by atoms with E-state index in [1.165, 1.54) is 6.07 Å². The average Bonchev–Trinajstić information content (AvgIpc) is 2.37. The van der Waals surface area contributed by atoms with Gasteiger partial charge in [0.05, 0.1) is 5.52 Å². The molecule has 0 aliphatic carbocycles. The van der Waals surface area contributed by atoms with Crippen molar-refractivity contribution in [3.63, 3.8) is 0 Å². The minimum atomic E-state index is -1.08. The second kappa shape index (κ2) is 5.03. The number of hydrogen-bond donors (Lipinski definition) is 3. The lowest BCUT2D eigenvalue weighted by Gasteiger charge is -2.07. The van der Waals surface area contributed by atoms with Crippen molar-refractivity contribution in [1.29, 1.82) is 0 Å². The van der Waals surface area contributed by atoms with Gasteiger partial charge in [0.15, 0.2) is 0 Å². The summed E-state index contributed by atoms with van der Waals surface area (Å²) >= 11 is 0. The van der Waals surface area contributed by atoms with Crippen LogP contribution in [0.15, 0.2) is 30.3 Å². The van der Waals surface area contributed by atoms with Crippen LogP contribution >= 0.6 is 0 Å². The highest BCUT2D eigenvalue weighted by atomic mass is 16.4. The molecule has 0 aliphatic heterocycles. The minimum Gasteiger partial charge on any atom is -0.480 e. The van der Waals surface area contributed by atoms with E-state index in [0.29, 0.717) is 5.52 Å². The largest absolute Gasteiger partial charge is 0.480 e. The van der Waals surface area contributed by atoms with Gasteiger partial charge in [-0.3, -0.25) is 4.79 Å². The second-order valence-corrected chi connectivity index (χ2v) is 4.18. The number of fused-ring (bicyclic) bond motifs is 1. The fourth-order valence-electron chi connectivity index (χ4n) is 1.76. The van der Waals surface area contributed by atoms with Crippen molar-refractivity contribution in [2.45, 2.75) is 12.5 Å². The van der Waals surface area contributed by atoms with Crippen LogP contribution in [-0.2, 0) is 11.2 Å². The molecule has 0 radical (unpaired) electrons. The van der Waals surface area contributed by atoms with E-state index in [9.17, 15) is 9.59 Å². The van der Waals surface area contributed by atoms with Crippen LogP contribution in [0.3, 0.4) is 0 Å². The lowest BCUT2D eigenvalue weighted by Crippen LogP contribution is -2.32. The first-order valence-electron chi connectivity index (χ1n) is 5.59. The number of rotatable bonds is 4. The highest BCUT2D eigenvalue weighted by molar-refractivity contribution is 5.89. The van der Waals surface area contributed by atoms with Crippen LogP contribution in [0.2, 0.25) is 0 Å². The van der Waals surface area contributed by atoms with Gasteiger partial charge in [0, 0.05) is 5.39 Å². The zero-order valence-corrected chi connectivity index (χ0v) is 9.91. The third kappa shape index (κ3) is 2.86. The first-order valence-corrected chi connectivity index (χ1v) is 5.59. The van der Waals surface area contributed by atoms with Gasteiger partial charge in [0.2, 0.25) is 0 Å². The fraction of sp³-hybridized carbons (Fsp3) is 0.154. The Morgan fingerprint density at radius 3 is 2.58 bits per heavy atom. The number of pyridine rings is 1. The van der Waals surface area contributed by atoms with Gasteiger partial charge in [0.25, 0.3) is 0 Å². The summed E-state index contributed by atoms with van der Waals surface area (Å²) in [6, 6.07) is 7.21. The molecule has 98 valence electrons. The highest BCUT2D eigenvalue weighted by Gasteiger charge is 2.12. The van der Waals surface area contributed by atoms with Gasteiger partial charge in [-0.25, -0.2) is 9.78 Å². The fourth-order valence-corrected chi connectivity index (χ4v) is 1.76. The van der Waals surface area contributed by atoms with Crippen LogP contribution < -0.4 is 5.73 Å². The van der Waals surface area contributed by atoms with Gasteiger partial charge in [0.1, 0.15) is 11.7 Å². The Bertz CT molecular complexity index is 654. The van der Waals surface area contributed by atoms with Crippen molar-refractivity contribution >= 4 is 22.8 Å². The number of hydrogen-bond acceptors (Lipinski definition) is 4. The maximum absolute atomic E-state index is 10.8. The number of carboxylic acids is 2. The molecule has 6 heteroatoms. The minimum absolute atomic E-state index is 0.0255. The molecule has 0 saturated heterocycles. The molecule has 0 saturated carbocycles. The maximum Gasteiger partial charge on any atom is 0.354 e. The first kappa shape index (κ1) is 13.0. The number of aliphatic carboxylic acids is 1. The van der Waals surface area contributed by atoms with Crippen LogP contribution in [0, 0.1) is 0 Å². The molecule has 0 spiro atoms. The van der Waals surface area contributed by atoms with Crippen LogP contribution in [0.25, 0.3) is 10.9 Å². The molecule has 0 unspecified atom stereocenters. The Morgan fingerprint density at radius 1 is 1.21 bits per heavy atom. The van der Waals surface area contributed by atoms with E-state index in [0.717, 1.165) is 10.9 Å². The predicted octanol–water partition coefficient (Wildman–Crippen LogP) is 0.887. The normalized spacial score (nSPS) is 12.3. The van der Waals surface area contributed by atoms with Crippen LogP contribution in [0.5, 0.6) is 0 Å². The lowest BCUT2D eigenvalue weighted by atomic mass is 10.0. The molecule has 1 heterocycles. The van der Waals surface area contributed by atoms with Gasteiger partial charge in [-0.15, -0.1) is 0 Å². The van der Waals surface area contributed by atoms with E-state index in [2.05, 4.69) is 4.98 Å². The van der Waals surface area contributed by atoms with E-state index in [1.54, 1.807) is 24.3 Å². The molecule has 2 rings (SSSR count). The summed E-state index contributed by atoms with van der Waals surface area (Å²) in [4.78, 5) is 25.5. The maximum atomic E-state index is 10.8. The number of benzene rings is 1. The summed E-state index contributed by atoms with van der Waals surface area (Å²) in [7, 11) is 0. The molecule has 1 aromatic heterocycles. The third-order valence-corrected chi connectivity index (χ3v) is 2.75. The van der Waals surface area contributed by atoms with E-state index < -0.39 is 18.0 Å².